The molecule has 5 atom stereocenters. The van der Waals surface area contributed by atoms with E-state index in [0.29, 0.717) is 12.5 Å². The summed E-state index contributed by atoms with van der Waals surface area (Å²) in [5.74, 6) is 0.270. The van der Waals surface area contributed by atoms with Crippen LogP contribution in [0.1, 0.15) is 51.9 Å². The molecule has 0 spiro atoms. The second-order valence-corrected chi connectivity index (χ2v) is 6.99. The highest BCUT2D eigenvalue weighted by molar-refractivity contribution is 5.80. The second-order valence-electron chi connectivity index (χ2n) is 6.99. The fourth-order valence-electron chi connectivity index (χ4n) is 4.09. The van der Waals surface area contributed by atoms with Crippen molar-refractivity contribution in [2.45, 2.75) is 76.2 Å². The second kappa shape index (κ2) is 7.59. The van der Waals surface area contributed by atoms with Crippen LogP contribution in [0.4, 0.5) is 0 Å². The Labute approximate surface area is 137 Å². The summed E-state index contributed by atoms with van der Waals surface area (Å²) >= 11 is 0. The van der Waals surface area contributed by atoms with Crippen LogP contribution in [0.2, 0.25) is 0 Å². The van der Waals surface area contributed by atoms with Crippen LogP contribution in [-0.4, -0.2) is 42.7 Å². The Morgan fingerprint density at radius 3 is 2.87 bits per heavy atom. The zero-order valence-electron chi connectivity index (χ0n) is 13.9. The van der Waals surface area contributed by atoms with Crippen LogP contribution in [0.15, 0.2) is 0 Å². The first-order valence-electron chi connectivity index (χ1n) is 9.01. The van der Waals surface area contributed by atoms with Crippen molar-refractivity contribution in [2.75, 3.05) is 6.54 Å². The van der Waals surface area contributed by atoms with Crippen molar-refractivity contribution in [3.05, 3.63) is 0 Å². The average Bonchev–Trinajstić information content (AvgIpc) is 2.58. The van der Waals surface area contributed by atoms with Crippen LogP contribution in [0.5, 0.6) is 0 Å². The molecular weight excluding hydrogens is 294 g/mol. The first-order valence-corrected chi connectivity index (χ1v) is 9.01. The van der Waals surface area contributed by atoms with E-state index >= 15 is 0 Å². The minimum absolute atomic E-state index is 0.0432. The lowest BCUT2D eigenvalue weighted by Crippen LogP contribution is -2.72. The summed E-state index contributed by atoms with van der Waals surface area (Å²) in [6.07, 6.45) is 6.83. The number of nitrogens with one attached hydrogen (secondary N) is 5. The van der Waals surface area contributed by atoms with Gasteiger partial charge in [-0.15, -0.1) is 0 Å². The molecule has 23 heavy (non-hydrogen) atoms. The van der Waals surface area contributed by atoms with Crippen LogP contribution >= 0.6 is 0 Å². The maximum Gasteiger partial charge on any atom is 0.238 e. The lowest BCUT2D eigenvalue weighted by Gasteiger charge is -2.44. The molecule has 3 rings (SSSR count). The molecule has 1 saturated carbocycles. The molecule has 3 aliphatic rings. The Kier molecular flexibility index (Phi) is 5.50. The van der Waals surface area contributed by atoms with Gasteiger partial charge in [-0.05, 0) is 45.1 Å². The fraction of sp³-hybridized carbons (Fsp3) is 0.875. The molecule has 5 N–H and O–H groups in total. The van der Waals surface area contributed by atoms with Gasteiger partial charge in [0.25, 0.3) is 0 Å². The molecule has 3 fully saturated rings. The molecule has 0 bridgehead atoms. The third kappa shape index (κ3) is 4.02. The molecule has 2 aliphatic heterocycles. The lowest BCUT2D eigenvalue weighted by molar-refractivity contribution is -0.132. The molecule has 1 aliphatic carbocycles. The minimum Gasteiger partial charge on any atom is -0.353 e. The average molecular weight is 323 g/mol. The van der Waals surface area contributed by atoms with E-state index in [0.717, 1.165) is 45.1 Å². The monoisotopic (exact) mass is 323 g/mol. The molecule has 7 nitrogen and oxygen atoms in total. The molecule has 0 aromatic rings. The van der Waals surface area contributed by atoms with E-state index in [4.69, 9.17) is 0 Å². The topological polar surface area (TPSA) is 94.3 Å². The van der Waals surface area contributed by atoms with Crippen molar-refractivity contribution >= 4 is 11.8 Å². The van der Waals surface area contributed by atoms with Crippen LogP contribution in [0, 0.1) is 5.92 Å². The molecule has 2 saturated heterocycles. The van der Waals surface area contributed by atoms with E-state index in [2.05, 4.69) is 26.8 Å². The van der Waals surface area contributed by atoms with Crippen LogP contribution in [0.3, 0.4) is 0 Å². The van der Waals surface area contributed by atoms with Crippen LogP contribution < -0.4 is 26.8 Å². The summed E-state index contributed by atoms with van der Waals surface area (Å²) < 4.78 is 0. The predicted octanol–water partition coefficient (Wildman–Crippen LogP) is -0.258. The van der Waals surface area contributed by atoms with Gasteiger partial charge in [0, 0.05) is 24.5 Å². The number of piperidine rings is 1. The number of hydrazine groups is 1. The molecule has 2 heterocycles. The summed E-state index contributed by atoms with van der Waals surface area (Å²) in [6.45, 7) is 2.85. The van der Waals surface area contributed by atoms with Crippen molar-refractivity contribution in [1.82, 2.24) is 26.8 Å². The third-order valence-corrected chi connectivity index (χ3v) is 5.33. The van der Waals surface area contributed by atoms with Gasteiger partial charge in [0.05, 0.1) is 12.1 Å². The van der Waals surface area contributed by atoms with E-state index < -0.39 is 0 Å². The van der Waals surface area contributed by atoms with Crippen LogP contribution in [0.25, 0.3) is 0 Å². The molecule has 0 aromatic heterocycles. The first-order chi connectivity index (χ1) is 11.2. The van der Waals surface area contributed by atoms with Gasteiger partial charge in [-0.25, -0.2) is 5.43 Å². The Morgan fingerprint density at radius 1 is 1.22 bits per heavy atom. The number of hydrogen-bond acceptors (Lipinski definition) is 5. The molecule has 0 aromatic carbocycles. The minimum atomic E-state index is 0.0432. The van der Waals surface area contributed by atoms with E-state index in [1.807, 2.05) is 6.92 Å². The van der Waals surface area contributed by atoms with Gasteiger partial charge in [-0.1, -0.05) is 6.92 Å². The maximum atomic E-state index is 12.0. The van der Waals surface area contributed by atoms with E-state index in [9.17, 15) is 9.59 Å². The van der Waals surface area contributed by atoms with Gasteiger partial charge >= 0.3 is 0 Å². The lowest BCUT2D eigenvalue weighted by atomic mass is 9.85. The Morgan fingerprint density at radius 2 is 2.04 bits per heavy atom. The van der Waals surface area contributed by atoms with Crippen molar-refractivity contribution < 1.29 is 9.59 Å². The number of hydrogen-bond donors (Lipinski definition) is 5. The molecular formula is C16H29N5O2. The van der Waals surface area contributed by atoms with E-state index in [1.165, 1.54) is 0 Å². The Balaban J connectivity index is 1.55. The molecule has 5 unspecified atom stereocenters. The van der Waals surface area contributed by atoms with Gasteiger partial charge in [-0.2, -0.15) is 0 Å². The van der Waals surface area contributed by atoms with Crippen LogP contribution in [-0.2, 0) is 9.59 Å². The number of amides is 2. The number of carbonyl (C=O) groups is 2. The van der Waals surface area contributed by atoms with Crippen molar-refractivity contribution in [1.29, 1.82) is 0 Å². The Hall–Kier alpha value is -1.18. The number of carbonyl (C=O) groups excluding carboxylic acids is 2. The maximum absolute atomic E-state index is 12.0. The normalized spacial score (nSPS) is 37.6. The fourth-order valence-corrected chi connectivity index (χ4v) is 4.09. The summed E-state index contributed by atoms with van der Waals surface area (Å²) in [5, 5.41) is 10.3. The summed E-state index contributed by atoms with van der Waals surface area (Å²) in [5.41, 5.74) is 5.93. The van der Waals surface area contributed by atoms with Crippen molar-refractivity contribution in [3.8, 4) is 0 Å². The first kappa shape index (κ1) is 16.7. The van der Waals surface area contributed by atoms with Gasteiger partial charge in [0.2, 0.25) is 11.8 Å². The molecule has 0 radical (unpaired) electrons. The van der Waals surface area contributed by atoms with Crippen molar-refractivity contribution in [2.24, 2.45) is 5.92 Å². The number of fused-ring (bicyclic) bond motifs is 1. The predicted molar refractivity (Wildman–Crippen MR) is 87.2 cm³/mol. The molecule has 7 heteroatoms. The van der Waals surface area contributed by atoms with Gasteiger partial charge in [-0.3, -0.25) is 20.3 Å². The highest BCUT2D eigenvalue weighted by atomic mass is 16.2. The quantitative estimate of drug-likeness (QED) is 0.491. The summed E-state index contributed by atoms with van der Waals surface area (Å²) in [7, 11) is 0. The van der Waals surface area contributed by atoms with Gasteiger partial charge in [0.15, 0.2) is 0 Å². The highest BCUT2D eigenvalue weighted by Gasteiger charge is 2.41. The highest BCUT2D eigenvalue weighted by Crippen LogP contribution is 2.24. The SMILES string of the molecule is CCC(=O)NC1CCCC(NC2NNC(=O)C3CCCNC23)C1. The smallest absolute Gasteiger partial charge is 0.238 e. The van der Waals surface area contributed by atoms with Gasteiger partial charge < -0.3 is 10.6 Å². The Bertz CT molecular complexity index is 444. The zero-order chi connectivity index (χ0) is 16.2. The van der Waals surface area contributed by atoms with Gasteiger partial charge in [0.1, 0.15) is 0 Å². The third-order valence-electron chi connectivity index (χ3n) is 5.33. The standard InChI is InChI=1S/C16H29N5O2/c1-2-13(22)18-10-5-3-6-11(9-10)19-15-14-12(7-4-8-17-14)16(23)21-20-15/h10-12,14-15,17,19-20H,2-9H2,1H3,(H,18,22)(H,21,23). The zero-order valence-corrected chi connectivity index (χ0v) is 13.9. The van der Waals surface area contributed by atoms with Crippen molar-refractivity contribution in [3.63, 3.8) is 0 Å². The molecule has 130 valence electrons. The van der Waals surface area contributed by atoms with E-state index in [1.54, 1.807) is 0 Å². The molecule has 2 amide bonds. The number of rotatable bonds is 4. The summed E-state index contributed by atoms with van der Waals surface area (Å²) in [6, 6.07) is 0.771. The largest absolute Gasteiger partial charge is 0.353 e. The van der Waals surface area contributed by atoms with E-state index in [-0.39, 0.29) is 36.0 Å². The summed E-state index contributed by atoms with van der Waals surface area (Å²) in [4.78, 5) is 23.6.